The molecule has 1 amide bonds. The van der Waals surface area contributed by atoms with E-state index in [2.05, 4.69) is 5.32 Å². The number of aliphatic hydroxyl groups is 1. The number of nitrogens with zero attached hydrogens (tertiary/aromatic N) is 1. The number of halogens is 1. The standard InChI is InChI=1S/C17H19FN2O3S2/c1-10(24)19-8-13-9-20(17(22)23-13)12-2-3-14(15(18)7-12)11-4-5-25-16(21)6-11/h2-5,7,11,13,16,21H,6,8-9H2,1H3,(H,19,24)/t11?,13-,16?/m0/s1. The van der Waals surface area contributed by atoms with Crippen molar-refractivity contribution in [3.8, 4) is 0 Å². The van der Waals surface area contributed by atoms with Crippen LogP contribution in [0.3, 0.4) is 0 Å². The van der Waals surface area contributed by atoms with Crippen LogP contribution in [0.4, 0.5) is 14.9 Å². The second-order valence-corrected chi connectivity index (χ2v) is 7.72. The molecule has 0 radical (unpaired) electrons. The van der Waals surface area contributed by atoms with Crippen LogP contribution in [0.25, 0.3) is 0 Å². The molecule has 0 bridgehead atoms. The topological polar surface area (TPSA) is 61.8 Å². The zero-order chi connectivity index (χ0) is 18.0. The second-order valence-electron chi connectivity index (χ2n) is 6.02. The lowest BCUT2D eigenvalue weighted by molar-refractivity contribution is 0.143. The largest absolute Gasteiger partial charge is 0.442 e. The van der Waals surface area contributed by atoms with Crippen molar-refractivity contribution in [2.75, 3.05) is 18.0 Å². The average Bonchev–Trinajstić information content (AvgIpc) is 2.94. The molecule has 2 aliphatic heterocycles. The molecule has 0 aromatic heterocycles. The minimum absolute atomic E-state index is 0.168. The normalized spacial score (nSPS) is 25.8. The van der Waals surface area contributed by atoms with E-state index in [0.717, 1.165) is 0 Å². The molecular weight excluding hydrogens is 363 g/mol. The van der Waals surface area contributed by atoms with Crippen molar-refractivity contribution in [1.82, 2.24) is 5.32 Å². The number of hydrogen-bond donors (Lipinski definition) is 2. The van der Waals surface area contributed by atoms with E-state index in [-0.39, 0.29) is 12.0 Å². The number of benzene rings is 1. The summed E-state index contributed by atoms with van der Waals surface area (Å²) in [6.45, 7) is 2.53. The van der Waals surface area contributed by atoms with Crippen molar-refractivity contribution >= 4 is 40.7 Å². The Labute approximate surface area is 155 Å². The predicted molar refractivity (Wildman–Crippen MR) is 100 cm³/mol. The Morgan fingerprint density at radius 3 is 3.04 bits per heavy atom. The summed E-state index contributed by atoms with van der Waals surface area (Å²) in [5.41, 5.74) is 0.449. The van der Waals surface area contributed by atoms with Crippen LogP contribution >= 0.6 is 24.0 Å². The number of nitrogens with one attached hydrogen (secondary N) is 1. The monoisotopic (exact) mass is 382 g/mol. The van der Waals surface area contributed by atoms with Gasteiger partial charge in [-0.15, -0.1) is 11.8 Å². The van der Waals surface area contributed by atoms with Crippen molar-refractivity contribution < 1.29 is 19.0 Å². The maximum absolute atomic E-state index is 14.6. The van der Waals surface area contributed by atoms with Gasteiger partial charge in [0.2, 0.25) is 0 Å². The van der Waals surface area contributed by atoms with E-state index in [1.54, 1.807) is 24.5 Å². The molecule has 25 heavy (non-hydrogen) atoms. The Morgan fingerprint density at radius 2 is 2.36 bits per heavy atom. The SMILES string of the molecule is CC(=S)NC[C@H]1CN(c2ccc(C3C=CSC(O)C3)c(F)c2)C(=O)O1. The van der Waals surface area contributed by atoms with Gasteiger partial charge in [0.05, 0.1) is 23.8 Å². The first-order valence-corrected chi connectivity index (χ1v) is 9.31. The molecular formula is C17H19FN2O3S2. The summed E-state index contributed by atoms with van der Waals surface area (Å²) in [6.07, 6.45) is 1.52. The third-order valence-corrected chi connectivity index (χ3v) is 5.12. The second kappa shape index (κ2) is 7.72. The first-order valence-electron chi connectivity index (χ1n) is 7.96. The fourth-order valence-electron chi connectivity index (χ4n) is 2.89. The summed E-state index contributed by atoms with van der Waals surface area (Å²) >= 11 is 6.27. The lowest BCUT2D eigenvalue weighted by atomic mass is 9.95. The van der Waals surface area contributed by atoms with Gasteiger partial charge in [0.15, 0.2) is 0 Å². The molecule has 3 rings (SSSR count). The molecule has 2 unspecified atom stereocenters. The Morgan fingerprint density at radius 1 is 1.56 bits per heavy atom. The zero-order valence-electron chi connectivity index (χ0n) is 13.6. The van der Waals surface area contributed by atoms with Gasteiger partial charge in [-0.3, -0.25) is 4.90 Å². The fourth-order valence-corrected chi connectivity index (χ4v) is 3.76. The maximum Gasteiger partial charge on any atom is 0.414 e. The maximum atomic E-state index is 14.6. The third kappa shape index (κ3) is 4.31. The number of ether oxygens (including phenoxy) is 1. The molecule has 8 heteroatoms. The number of aliphatic hydroxyl groups excluding tert-OH is 1. The van der Waals surface area contributed by atoms with Gasteiger partial charge < -0.3 is 15.2 Å². The number of anilines is 1. The number of carbonyl (C=O) groups excluding carboxylic acids is 1. The molecule has 1 aromatic rings. The fraction of sp³-hybridized carbons (Fsp3) is 0.412. The number of carbonyl (C=O) groups is 1. The van der Waals surface area contributed by atoms with Crippen LogP contribution in [0.15, 0.2) is 29.7 Å². The molecule has 1 fully saturated rings. The first-order chi connectivity index (χ1) is 11.9. The van der Waals surface area contributed by atoms with E-state index in [4.69, 9.17) is 17.0 Å². The van der Waals surface area contributed by atoms with E-state index in [0.29, 0.717) is 35.7 Å². The van der Waals surface area contributed by atoms with Crippen LogP contribution in [0.2, 0.25) is 0 Å². The van der Waals surface area contributed by atoms with E-state index in [9.17, 15) is 14.3 Å². The molecule has 2 aliphatic rings. The molecule has 5 nitrogen and oxygen atoms in total. The van der Waals surface area contributed by atoms with Gasteiger partial charge in [-0.1, -0.05) is 24.4 Å². The van der Waals surface area contributed by atoms with Gasteiger partial charge in [-0.25, -0.2) is 9.18 Å². The number of rotatable bonds is 4. The first kappa shape index (κ1) is 18.2. The van der Waals surface area contributed by atoms with Crippen LogP contribution < -0.4 is 10.2 Å². The minimum Gasteiger partial charge on any atom is -0.442 e. The van der Waals surface area contributed by atoms with Crippen molar-refractivity contribution in [3.63, 3.8) is 0 Å². The lowest BCUT2D eigenvalue weighted by Crippen LogP contribution is -2.32. The van der Waals surface area contributed by atoms with E-state index < -0.39 is 17.3 Å². The quantitative estimate of drug-likeness (QED) is 0.780. The molecule has 0 saturated carbocycles. The molecule has 2 N–H and O–H groups in total. The zero-order valence-corrected chi connectivity index (χ0v) is 15.3. The molecule has 0 aliphatic carbocycles. The van der Waals surface area contributed by atoms with Crippen molar-refractivity contribution in [3.05, 3.63) is 41.1 Å². The summed E-state index contributed by atoms with van der Waals surface area (Å²) in [7, 11) is 0. The highest BCUT2D eigenvalue weighted by Crippen LogP contribution is 2.35. The van der Waals surface area contributed by atoms with E-state index in [1.807, 2.05) is 6.08 Å². The molecule has 2 heterocycles. The molecule has 1 saturated heterocycles. The van der Waals surface area contributed by atoms with Gasteiger partial charge in [0.1, 0.15) is 17.4 Å². The van der Waals surface area contributed by atoms with Gasteiger partial charge in [0.25, 0.3) is 0 Å². The number of cyclic esters (lactones) is 1. The highest BCUT2D eigenvalue weighted by Gasteiger charge is 2.33. The van der Waals surface area contributed by atoms with Crippen LogP contribution in [0.1, 0.15) is 24.8 Å². The number of thiocarbonyl (C=S) groups is 1. The number of hydrogen-bond acceptors (Lipinski definition) is 5. The summed E-state index contributed by atoms with van der Waals surface area (Å²) in [5.74, 6) is -0.561. The highest BCUT2D eigenvalue weighted by atomic mass is 32.2. The summed E-state index contributed by atoms with van der Waals surface area (Å²) in [5, 5.41) is 14.5. The Hall–Kier alpha value is -1.64. The van der Waals surface area contributed by atoms with E-state index >= 15 is 0 Å². The number of allylic oxidation sites excluding steroid dienone is 1. The van der Waals surface area contributed by atoms with Crippen LogP contribution in [0, 0.1) is 5.82 Å². The van der Waals surface area contributed by atoms with Gasteiger partial charge in [-0.2, -0.15) is 0 Å². The Kier molecular flexibility index (Phi) is 5.61. The van der Waals surface area contributed by atoms with Crippen molar-refractivity contribution in [2.45, 2.75) is 30.8 Å². The van der Waals surface area contributed by atoms with Crippen LogP contribution in [-0.2, 0) is 4.74 Å². The summed E-state index contributed by atoms with van der Waals surface area (Å²) < 4.78 is 19.8. The van der Waals surface area contributed by atoms with Gasteiger partial charge in [0, 0.05) is 5.92 Å². The highest BCUT2D eigenvalue weighted by molar-refractivity contribution is 8.02. The smallest absolute Gasteiger partial charge is 0.414 e. The Bertz CT molecular complexity index is 713. The summed E-state index contributed by atoms with van der Waals surface area (Å²) in [6, 6.07) is 4.73. The van der Waals surface area contributed by atoms with Gasteiger partial charge >= 0.3 is 6.09 Å². The average molecular weight is 382 g/mol. The van der Waals surface area contributed by atoms with Crippen LogP contribution in [0.5, 0.6) is 0 Å². The number of thioether (sulfide) groups is 1. The van der Waals surface area contributed by atoms with Crippen molar-refractivity contribution in [1.29, 1.82) is 0 Å². The third-order valence-electron chi connectivity index (χ3n) is 4.15. The molecule has 134 valence electrons. The lowest BCUT2D eigenvalue weighted by Gasteiger charge is -2.22. The van der Waals surface area contributed by atoms with E-state index in [1.165, 1.54) is 22.7 Å². The van der Waals surface area contributed by atoms with Crippen molar-refractivity contribution in [2.24, 2.45) is 0 Å². The predicted octanol–water partition coefficient (Wildman–Crippen LogP) is 3.14. The summed E-state index contributed by atoms with van der Waals surface area (Å²) in [4.78, 5) is 14.1. The van der Waals surface area contributed by atoms with Gasteiger partial charge in [-0.05, 0) is 36.4 Å². The molecule has 1 aromatic carbocycles. The minimum atomic E-state index is -0.527. The van der Waals surface area contributed by atoms with Crippen LogP contribution in [-0.4, -0.2) is 40.8 Å². The molecule has 0 spiro atoms. The Balaban J connectivity index is 1.72. The molecule has 3 atom stereocenters. The number of amides is 1.